The number of anilines is 1. The van der Waals surface area contributed by atoms with E-state index in [1.165, 1.54) is 0 Å². The molecule has 2 aromatic carbocycles. The summed E-state index contributed by atoms with van der Waals surface area (Å²) in [5, 5.41) is 5.45. The molecule has 0 spiro atoms. The Morgan fingerprint density at radius 2 is 2.00 bits per heavy atom. The minimum atomic E-state index is -0.0734. The topological polar surface area (TPSA) is 47.4 Å². The Balaban J connectivity index is 2.00. The molecule has 5 heteroatoms. The molecule has 0 radical (unpaired) electrons. The van der Waals surface area contributed by atoms with Crippen LogP contribution in [0.2, 0.25) is 0 Å². The summed E-state index contributed by atoms with van der Waals surface area (Å²) >= 11 is 0. The summed E-state index contributed by atoms with van der Waals surface area (Å²) in [6.45, 7) is 6.86. The Bertz CT molecular complexity index is 932. The number of carbonyl (C=O) groups excluding carboxylic acids is 1. The van der Waals surface area contributed by atoms with E-state index in [1.807, 2.05) is 42.2 Å². The lowest BCUT2D eigenvalue weighted by Crippen LogP contribution is -2.44. The average molecular weight is 365 g/mol. The van der Waals surface area contributed by atoms with Crippen molar-refractivity contribution >= 4 is 22.5 Å². The smallest absolute Gasteiger partial charge is 0.249 e. The largest absolute Gasteiger partial charge is 0.383 e. The molecule has 1 amide bonds. The second kappa shape index (κ2) is 8.35. The standard InChI is InChI=1S/C22H27N3O2/c1-5-18-11-8-9-16(2)22(18)25(17(3)15-27-4)21(26)14-24-20-12-7-6-10-19(20)13-23-24/h6-13,17H,5,14-15H2,1-4H3. The number of methoxy groups -OCH3 is 1. The number of benzene rings is 2. The number of nitrogens with zero attached hydrogens (tertiary/aromatic N) is 3. The van der Waals surface area contributed by atoms with Crippen molar-refractivity contribution in [2.75, 3.05) is 18.6 Å². The fourth-order valence-electron chi connectivity index (χ4n) is 3.61. The zero-order valence-electron chi connectivity index (χ0n) is 16.5. The van der Waals surface area contributed by atoms with Crippen LogP contribution in [0.15, 0.2) is 48.7 Å². The Kier molecular flexibility index (Phi) is 5.91. The fourth-order valence-corrected chi connectivity index (χ4v) is 3.61. The molecule has 0 aliphatic rings. The highest BCUT2D eigenvalue weighted by Gasteiger charge is 2.26. The second-order valence-electron chi connectivity index (χ2n) is 6.87. The van der Waals surface area contributed by atoms with E-state index < -0.39 is 0 Å². The van der Waals surface area contributed by atoms with Crippen molar-refractivity contribution in [1.82, 2.24) is 9.78 Å². The highest BCUT2D eigenvalue weighted by molar-refractivity contribution is 5.96. The van der Waals surface area contributed by atoms with Crippen molar-refractivity contribution in [3.05, 3.63) is 59.8 Å². The zero-order valence-corrected chi connectivity index (χ0v) is 16.5. The SMILES string of the molecule is CCc1cccc(C)c1N(C(=O)Cn1ncc2ccccc21)C(C)COC. The summed E-state index contributed by atoms with van der Waals surface area (Å²) in [5.74, 6) is 0.0115. The van der Waals surface area contributed by atoms with Gasteiger partial charge in [-0.1, -0.05) is 43.3 Å². The predicted octanol–water partition coefficient (Wildman–Crippen LogP) is 3.98. The lowest BCUT2D eigenvalue weighted by atomic mass is 10.0. The predicted molar refractivity (Wildman–Crippen MR) is 109 cm³/mol. The van der Waals surface area contributed by atoms with Crippen LogP contribution in [0.3, 0.4) is 0 Å². The Morgan fingerprint density at radius 3 is 2.74 bits per heavy atom. The molecule has 27 heavy (non-hydrogen) atoms. The van der Waals surface area contributed by atoms with Crippen LogP contribution < -0.4 is 4.90 Å². The zero-order chi connectivity index (χ0) is 19.4. The summed E-state index contributed by atoms with van der Waals surface area (Å²) in [4.78, 5) is 15.3. The van der Waals surface area contributed by atoms with Crippen molar-refractivity contribution in [3.63, 3.8) is 0 Å². The number of hydrogen-bond donors (Lipinski definition) is 0. The minimum absolute atomic E-state index is 0.0115. The molecule has 142 valence electrons. The van der Waals surface area contributed by atoms with Gasteiger partial charge in [-0.3, -0.25) is 9.48 Å². The third kappa shape index (κ3) is 3.88. The molecule has 3 rings (SSSR count). The number of aryl methyl sites for hydroxylation is 2. The summed E-state index contributed by atoms with van der Waals surface area (Å²) in [5.41, 5.74) is 4.21. The molecular formula is C22H27N3O2. The monoisotopic (exact) mass is 365 g/mol. The number of hydrogen-bond acceptors (Lipinski definition) is 3. The quantitative estimate of drug-likeness (QED) is 0.636. The van der Waals surface area contributed by atoms with Crippen LogP contribution in [0.1, 0.15) is 25.0 Å². The van der Waals surface area contributed by atoms with Crippen LogP contribution in [-0.2, 0) is 22.5 Å². The van der Waals surface area contributed by atoms with Crippen molar-refractivity contribution in [1.29, 1.82) is 0 Å². The van der Waals surface area contributed by atoms with E-state index in [2.05, 4.69) is 31.1 Å². The van der Waals surface area contributed by atoms with Gasteiger partial charge in [-0.25, -0.2) is 0 Å². The fraction of sp³-hybridized carbons (Fsp3) is 0.364. The van der Waals surface area contributed by atoms with Gasteiger partial charge in [-0.15, -0.1) is 0 Å². The van der Waals surface area contributed by atoms with Gasteiger partial charge in [0.1, 0.15) is 6.54 Å². The van der Waals surface area contributed by atoms with E-state index in [4.69, 9.17) is 4.74 Å². The van der Waals surface area contributed by atoms with Gasteiger partial charge in [-0.2, -0.15) is 5.10 Å². The third-order valence-electron chi connectivity index (χ3n) is 4.90. The van der Waals surface area contributed by atoms with Gasteiger partial charge in [0, 0.05) is 12.5 Å². The number of para-hydroxylation sites is 2. The van der Waals surface area contributed by atoms with Crippen LogP contribution >= 0.6 is 0 Å². The van der Waals surface area contributed by atoms with Gasteiger partial charge >= 0.3 is 0 Å². The van der Waals surface area contributed by atoms with Crippen molar-refractivity contribution in [3.8, 4) is 0 Å². The number of amides is 1. The summed E-state index contributed by atoms with van der Waals surface area (Å²) in [6.07, 6.45) is 2.67. The molecule has 0 fully saturated rings. The lowest BCUT2D eigenvalue weighted by Gasteiger charge is -2.32. The highest BCUT2D eigenvalue weighted by atomic mass is 16.5. The van der Waals surface area contributed by atoms with Gasteiger partial charge in [-0.05, 0) is 37.5 Å². The maximum absolute atomic E-state index is 13.4. The van der Waals surface area contributed by atoms with Crippen LogP contribution in [0, 0.1) is 6.92 Å². The molecule has 0 saturated heterocycles. The van der Waals surface area contributed by atoms with Crippen molar-refractivity contribution < 1.29 is 9.53 Å². The van der Waals surface area contributed by atoms with Crippen LogP contribution in [0.25, 0.3) is 10.9 Å². The molecule has 1 atom stereocenters. The van der Waals surface area contributed by atoms with E-state index in [-0.39, 0.29) is 18.5 Å². The summed E-state index contributed by atoms with van der Waals surface area (Å²) < 4.78 is 7.13. The van der Waals surface area contributed by atoms with Gasteiger partial charge in [0.2, 0.25) is 5.91 Å². The van der Waals surface area contributed by atoms with Gasteiger partial charge in [0.25, 0.3) is 0 Å². The molecule has 0 saturated carbocycles. The van der Waals surface area contributed by atoms with E-state index in [0.29, 0.717) is 6.61 Å². The van der Waals surface area contributed by atoms with E-state index in [0.717, 1.165) is 34.1 Å². The highest BCUT2D eigenvalue weighted by Crippen LogP contribution is 2.28. The molecule has 1 aromatic heterocycles. The minimum Gasteiger partial charge on any atom is -0.383 e. The van der Waals surface area contributed by atoms with Crippen LogP contribution in [-0.4, -0.2) is 35.4 Å². The van der Waals surface area contributed by atoms with E-state index in [1.54, 1.807) is 18.0 Å². The molecule has 3 aromatic rings. The van der Waals surface area contributed by atoms with E-state index >= 15 is 0 Å². The maximum atomic E-state index is 13.4. The first-order valence-corrected chi connectivity index (χ1v) is 9.36. The van der Waals surface area contributed by atoms with Gasteiger partial charge in [0.15, 0.2) is 0 Å². The van der Waals surface area contributed by atoms with Crippen LogP contribution in [0.4, 0.5) is 5.69 Å². The van der Waals surface area contributed by atoms with E-state index in [9.17, 15) is 4.79 Å². The first-order valence-electron chi connectivity index (χ1n) is 9.36. The normalized spacial score (nSPS) is 12.3. The molecule has 1 heterocycles. The molecule has 0 aliphatic heterocycles. The second-order valence-corrected chi connectivity index (χ2v) is 6.87. The molecule has 5 nitrogen and oxygen atoms in total. The Morgan fingerprint density at radius 1 is 1.22 bits per heavy atom. The lowest BCUT2D eigenvalue weighted by molar-refractivity contribution is -0.120. The Labute approximate surface area is 160 Å². The van der Waals surface area contributed by atoms with Crippen molar-refractivity contribution in [2.24, 2.45) is 0 Å². The Hall–Kier alpha value is -2.66. The van der Waals surface area contributed by atoms with Gasteiger partial charge in [0.05, 0.1) is 30.0 Å². The van der Waals surface area contributed by atoms with Gasteiger partial charge < -0.3 is 9.64 Å². The summed E-state index contributed by atoms with van der Waals surface area (Å²) in [7, 11) is 1.67. The summed E-state index contributed by atoms with van der Waals surface area (Å²) in [6, 6.07) is 14.0. The van der Waals surface area contributed by atoms with Crippen molar-refractivity contribution in [2.45, 2.75) is 39.8 Å². The number of fused-ring (bicyclic) bond motifs is 1. The maximum Gasteiger partial charge on any atom is 0.249 e. The molecule has 0 aliphatic carbocycles. The third-order valence-corrected chi connectivity index (χ3v) is 4.90. The first kappa shape index (κ1) is 19.1. The number of rotatable bonds is 7. The number of carbonyl (C=O) groups is 1. The molecule has 0 N–H and O–H groups in total. The number of ether oxygens (including phenoxy) is 1. The first-order chi connectivity index (χ1) is 13.1. The molecular weight excluding hydrogens is 338 g/mol. The average Bonchev–Trinajstić information content (AvgIpc) is 3.06. The molecule has 1 unspecified atom stereocenters. The number of aromatic nitrogens is 2. The molecule has 0 bridgehead atoms. The van der Waals surface area contributed by atoms with Crippen LogP contribution in [0.5, 0.6) is 0 Å².